The molecule has 5 aromatic carbocycles. The zero-order chi connectivity index (χ0) is 31.4. The maximum absolute atomic E-state index is 15.2. The molecule has 0 unspecified atom stereocenters. The van der Waals surface area contributed by atoms with E-state index >= 15 is 4.39 Å². The summed E-state index contributed by atoms with van der Waals surface area (Å²) in [5, 5.41) is 0. The number of rotatable bonds is 10. The minimum atomic E-state index is -4.22. The molecular weight excluding hydrogens is 581 g/mol. The number of unbranched alkanes of at least 4 members (excludes halogenated alkanes) is 2. The molecule has 0 heterocycles. The van der Waals surface area contributed by atoms with Gasteiger partial charge in [0.15, 0.2) is 11.6 Å². The van der Waals surface area contributed by atoms with Crippen molar-refractivity contribution in [1.82, 2.24) is 0 Å². The molecular formula is C36H27F7O. The average molecular weight is 609 g/mol. The Kier molecular flexibility index (Phi) is 9.09. The Hall–Kier alpha value is -4.59. The van der Waals surface area contributed by atoms with Crippen LogP contribution in [0.2, 0.25) is 0 Å². The molecule has 44 heavy (non-hydrogen) atoms. The number of halogens is 7. The summed E-state index contributed by atoms with van der Waals surface area (Å²) < 4.78 is 105. The van der Waals surface area contributed by atoms with E-state index in [2.05, 4.69) is 11.7 Å². The van der Waals surface area contributed by atoms with Crippen LogP contribution in [0.1, 0.15) is 37.3 Å². The minimum absolute atomic E-state index is 0.00268. The molecule has 5 aromatic rings. The summed E-state index contributed by atoms with van der Waals surface area (Å²) in [6.07, 6.45) is -0.209. The molecule has 0 spiro atoms. The first kappa shape index (κ1) is 30.9. The molecule has 0 fully saturated rings. The SMILES string of the molecule is CCCCCc1ccc(-c2ccc(-c3ccc(-c4ccc(C(F)(F)Oc5ccc(F)c(F)c5)c(F)c4)c(F)c3)cc2)c(F)c1. The van der Waals surface area contributed by atoms with Crippen molar-refractivity contribution >= 4 is 0 Å². The number of ether oxygens (including phenoxy) is 1. The minimum Gasteiger partial charge on any atom is -0.429 e. The average Bonchev–Trinajstić information content (AvgIpc) is 2.99. The van der Waals surface area contributed by atoms with Crippen LogP contribution in [-0.4, -0.2) is 0 Å². The van der Waals surface area contributed by atoms with E-state index < -0.39 is 40.7 Å². The largest absolute Gasteiger partial charge is 0.429 e. The molecule has 0 saturated carbocycles. The molecule has 0 aromatic heterocycles. The van der Waals surface area contributed by atoms with Gasteiger partial charge in [-0.1, -0.05) is 74.4 Å². The summed E-state index contributed by atoms with van der Waals surface area (Å²) in [7, 11) is 0. The zero-order valence-corrected chi connectivity index (χ0v) is 23.6. The van der Waals surface area contributed by atoms with Crippen molar-refractivity contribution in [2.75, 3.05) is 0 Å². The third-order valence-electron chi connectivity index (χ3n) is 7.33. The van der Waals surface area contributed by atoms with Crippen molar-refractivity contribution in [3.8, 4) is 39.1 Å². The predicted molar refractivity (Wildman–Crippen MR) is 157 cm³/mol. The maximum atomic E-state index is 15.2. The van der Waals surface area contributed by atoms with Crippen molar-refractivity contribution in [3.05, 3.63) is 137 Å². The summed E-state index contributed by atoms with van der Waals surface area (Å²) >= 11 is 0. The van der Waals surface area contributed by atoms with Gasteiger partial charge in [0, 0.05) is 17.2 Å². The van der Waals surface area contributed by atoms with E-state index in [-0.39, 0.29) is 16.9 Å². The van der Waals surface area contributed by atoms with Crippen LogP contribution in [0.25, 0.3) is 33.4 Å². The second-order valence-electron chi connectivity index (χ2n) is 10.4. The lowest BCUT2D eigenvalue weighted by Gasteiger charge is -2.19. The van der Waals surface area contributed by atoms with Crippen LogP contribution in [0.4, 0.5) is 30.7 Å². The quantitative estimate of drug-likeness (QED) is 0.113. The van der Waals surface area contributed by atoms with E-state index in [1.165, 1.54) is 12.1 Å². The topological polar surface area (TPSA) is 9.23 Å². The molecule has 0 amide bonds. The Balaban J connectivity index is 1.32. The lowest BCUT2D eigenvalue weighted by Crippen LogP contribution is -2.23. The predicted octanol–water partition coefficient (Wildman–Crippen LogP) is 11.2. The highest BCUT2D eigenvalue weighted by Gasteiger charge is 2.38. The summed E-state index contributed by atoms with van der Waals surface area (Å²) in [5.74, 6) is -5.76. The highest BCUT2D eigenvalue weighted by atomic mass is 19.3. The molecule has 0 saturated heterocycles. The van der Waals surface area contributed by atoms with Gasteiger partial charge in [-0.25, -0.2) is 22.0 Å². The van der Waals surface area contributed by atoms with Crippen molar-refractivity contribution in [2.45, 2.75) is 38.7 Å². The van der Waals surface area contributed by atoms with Gasteiger partial charge in [0.25, 0.3) is 0 Å². The van der Waals surface area contributed by atoms with Gasteiger partial charge in [0.2, 0.25) is 0 Å². The highest BCUT2D eigenvalue weighted by Crippen LogP contribution is 2.36. The molecule has 226 valence electrons. The second kappa shape index (κ2) is 13.0. The Morgan fingerprint density at radius 1 is 0.523 bits per heavy atom. The zero-order valence-electron chi connectivity index (χ0n) is 23.6. The first-order chi connectivity index (χ1) is 21.1. The molecule has 0 atom stereocenters. The van der Waals surface area contributed by atoms with Gasteiger partial charge in [-0.15, -0.1) is 0 Å². The van der Waals surface area contributed by atoms with E-state index in [1.807, 2.05) is 6.07 Å². The third-order valence-corrected chi connectivity index (χ3v) is 7.33. The molecule has 5 rings (SSSR count). The monoisotopic (exact) mass is 608 g/mol. The summed E-state index contributed by atoms with van der Waals surface area (Å²) in [6.45, 7) is 2.12. The number of aryl methyl sites for hydroxylation is 1. The Morgan fingerprint density at radius 2 is 1.14 bits per heavy atom. The van der Waals surface area contributed by atoms with E-state index in [9.17, 15) is 26.3 Å². The van der Waals surface area contributed by atoms with Crippen LogP contribution in [0, 0.1) is 29.1 Å². The van der Waals surface area contributed by atoms with Gasteiger partial charge in [-0.3, -0.25) is 0 Å². The van der Waals surface area contributed by atoms with Gasteiger partial charge < -0.3 is 4.74 Å². The molecule has 8 heteroatoms. The van der Waals surface area contributed by atoms with Gasteiger partial charge in [0.1, 0.15) is 23.2 Å². The molecule has 0 N–H and O–H groups in total. The van der Waals surface area contributed by atoms with Crippen molar-refractivity contribution < 1.29 is 35.5 Å². The molecule has 0 aliphatic heterocycles. The highest BCUT2D eigenvalue weighted by molar-refractivity contribution is 5.74. The Labute approximate surface area is 250 Å². The number of benzene rings is 5. The van der Waals surface area contributed by atoms with Crippen LogP contribution >= 0.6 is 0 Å². The lowest BCUT2D eigenvalue weighted by atomic mass is 9.96. The second-order valence-corrected chi connectivity index (χ2v) is 10.4. The fraction of sp³-hybridized carbons (Fsp3) is 0.167. The fourth-order valence-electron chi connectivity index (χ4n) is 4.96. The van der Waals surface area contributed by atoms with Crippen LogP contribution in [-0.2, 0) is 12.5 Å². The van der Waals surface area contributed by atoms with Gasteiger partial charge >= 0.3 is 6.11 Å². The summed E-state index contributed by atoms with van der Waals surface area (Å²) in [5.41, 5.74) is 2.06. The van der Waals surface area contributed by atoms with Gasteiger partial charge in [-0.05, 0) is 77.1 Å². The van der Waals surface area contributed by atoms with Crippen LogP contribution in [0.3, 0.4) is 0 Å². The number of alkyl halides is 2. The van der Waals surface area contributed by atoms with E-state index in [4.69, 9.17) is 0 Å². The van der Waals surface area contributed by atoms with Crippen molar-refractivity contribution in [2.24, 2.45) is 0 Å². The number of hydrogen-bond donors (Lipinski definition) is 0. The van der Waals surface area contributed by atoms with Gasteiger partial charge in [-0.2, -0.15) is 8.78 Å². The van der Waals surface area contributed by atoms with Gasteiger partial charge in [0.05, 0.1) is 5.56 Å². The normalized spacial score (nSPS) is 11.5. The van der Waals surface area contributed by atoms with E-state index in [0.717, 1.165) is 55.5 Å². The number of hydrogen-bond acceptors (Lipinski definition) is 1. The molecule has 0 aliphatic rings. The van der Waals surface area contributed by atoms with Crippen LogP contribution in [0.5, 0.6) is 5.75 Å². The maximum Gasteiger partial charge on any atom is 0.429 e. The van der Waals surface area contributed by atoms with Crippen molar-refractivity contribution in [1.29, 1.82) is 0 Å². The Bertz CT molecular complexity index is 1780. The standard InChI is InChI=1S/C36H27F7O/c1-2-3-4-5-22-6-14-28(32(38)18-22)24-9-7-23(8-10-24)25-11-15-29(33(39)19-25)26-12-16-30(34(40)20-26)36(42,43)44-27-13-17-31(37)35(41)21-27/h6-21H,2-5H2,1H3. The van der Waals surface area contributed by atoms with E-state index in [1.54, 1.807) is 42.5 Å². The molecule has 1 nitrogen and oxygen atoms in total. The summed E-state index contributed by atoms with van der Waals surface area (Å²) in [6, 6.07) is 20.9. The van der Waals surface area contributed by atoms with Crippen LogP contribution < -0.4 is 4.74 Å². The first-order valence-electron chi connectivity index (χ1n) is 14.1. The Morgan fingerprint density at radius 3 is 1.80 bits per heavy atom. The molecule has 0 radical (unpaired) electrons. The van der Waals surface area contributed by atoms with Crippen molar-refractivity contribution in [3.63, 3.8) is 0 Å². The molecule has 0 aliphatic carbocycles. The smallest absolute Gasteiger partial charge is 0.429 e. The van der Waals surface area contributed by atoms with Crippen LogP contribution in [0.15, 0.2) is 97.1 Å². The first-order valence-corrected chi connectivity index (χ1v) is 14.1. The molecule has 0 bridgehead atoms. The van der Waals surface area contributed by atoms with E-state index in [0.29, 0.717) is 34.4 Å². The fourth-order valence-corrected chi connectivity index (χ4v) is 4.96. The lowest BCUT2D eigenvalue weighted by molar-refractivity contribution is -0.187. The third kappa shape index (κ3) is 6.80. The summed E-state index contributed by atoms with van der Waals surface area (Å²) in [4.78, 5) is 0.